The van der Waals surface area contributed by atoms with Crippen molar-refractivity contribution < 1.29 is 15.0 Å². The highest BCUT2D eigenvalue weighted by atomic mass is 16.3. The van der Waals surface area contributed by atoms with Gasteiger partial charge in [-0.3, -0.25) is 4.79 Å². The molecule has 2 aliphatic rings. The third-order valence-electron chi connectivity index (χ3n) is 4.71. The number of aliphatic hydroxyl groups is 2. The molecule has 1 aromatic carbocycles. The summed E-state index contributed by atoms with van der Waals surface area (Å²) in [6.07, 6.45) is 4.06. The molecule has 1 aromatic rings. The third kappa shape index (κ3) is 2.11. The van der Waals surface area contributed by atoms with E-state index in [9.17, 15) is 15.0 Å². The second-order valence-corrected chi connectivity index (χ2v) is 5.94. The minimum Gasteiger partial charge on any atom is -0.390 e. The summed E-state index contributed by atoms with van der Waals surface area (Å²) in [5.74, 6) is 0.0926. The SMILES string of the molecule is O=C(c1ccccc1)[C@@]12CCCCC1=CC(O)C(O)C2. The molecule has 1 fully saturated rings. The molecule has 0 spiro atoms. The molecule has 0 bridgehead atoms. The molecule has 0 radical (unpaired) electrons. The van der Waals surface area contributed by atoms with Gasteiger partial charge >= 0.3 is 0 Å². The van der Waals surface area contributed by atoms with E-state index in [1.54, 1.807) is 6.08 Å². The molecule has 3 rings (SSSR count). The van der Waals surface area contributed by atoms with E-state index in [0.29, 0.717) is 12.0 Å². The number of Topliss-reactive ketones (excluding diaryl/α,β-unsaturated/α-hetero) is 1. The zero-order valence-corrected chi connectivity index (χ0v) is 11.5. The monoisotopic (exact) mass is 272 g/mol. The summed E-state index contributed by atoms with van der Waals surface area (Å²) in [4.78, 5) is 13.0. The molecule has 0 aliphatic heterocycles. The van der Waals surface area contributed by atoms with Crippen LogP contribution in [0.25, 0.3) is 0 Å². The molecular weight excluding hydrogens is 252 g/mol. The number of carbonyl (C=O) groups excluding carboxylic acids is 1. The first-order valence-electron chi connectivity index (χ1n) is 7.31. The van der Waals surface area contributed by atoms with E-state index in [-0.39, 0.29) is 5.78 Å². The number of hydrogen-bond acceptors (Lipinski definition) is 3. The second-order valence-electron chi connectivity index (χ2n) is 5.94. The van der Waals surface area contributed by atoms with Crippen LogP contribution in [-0.4, -0.2) is 28.2 Å². The summed E-state index contributed by atoms with van der Waals surface area (Å²) < 4.78 is 0. The van der Waals surface area contributed by atoms with Crippen molar-refractivity contribution in [1.29, 1.82) is 0 Å². The van der Waals surface area contributed by atoms with Gasteiger partial charge in [-0.15, -0.1) is 0 Å². The van der Waals surface area contributed by atoms with E-state index < -0.39 is 17.6 Å². The van der Waals surface area contributed by atoms with E-state index in [1.165, 1.54) is 0 Å². The average molecular weight is 272 g/mol. The van der Waals surface area contributed by atoms with Gasteiger partial charge in [-0.05, 0) is 25.7 Å². The number of allylic oxidation sites excluding steroid dienone is 1. The van der Waals surface area contributed by atoms with Gasteiger partial charge in [0.15, 0.2) is 5.78 Å². The summed E-state index contributed by atoms with van der Waals surface area (Å²) >= 11 is 0. The number of rotatable bonds is 2. The molecule has 2 aliphatic carbocycles. The molecule has 3 heteroatoms. The maximum absolute atomic E-state index is 13.0. The van der Waals surface area contributed by atoms with Crippen molar-refractivity contribution in [1.82, 2.24) is 0 Å². The lowest BCUT2D eigenvalue weighted by Crippen LogP contribution is -2.45. The van der Waals surface area contributed by atoms with Gasteiger partial charge < -0.3 is 10.2 Å². The Morgan fingerprint density at radius 1 is 1.15 bits per heavy atom. The van der Waals surface area contributed by atoms with Crippen LogP contribution in [0.2, 0.25) is 0 Å². The molecule has 0 amide bonds. The quantitative estimate of drug-likeness (QED) is 0.642. The Balaban J connectivity index is 2.03. The fourth-order valence-corrected chi connectivity index (χ4v) is 3.63. The van der Waals surface area contributed by atoms with Crippen molar-refractivity contribution >= 4 is 5.78 Å². The Labute approximate surface area is 118 Å². The molecule has 1 saturated carbocycles. The molecular formula is C17H20O3. The van der Waals surface area contributed by atoms with Crippen molar-refractivity contribution in [3.63, 3.8) is 0 Å². The second kappa shape index (κ2) is 5.15. The Kier molecular flexibility index (Phi) is 3.48. The van der Waals surface area contributed by atoms with Gasteiger partial charge in [-0.2, -0.15) is 0 Å². The van der Waals surface area contributed by atoms with Crippen LogP contribution in [0.5, 0.6) is 0 Å². The number of aliphatic hydroxyl groups excluding tert-OH is 2. The van der Waals surface area contributed by atoms with Crippen molar-refractivity contribution in [2.24, 2.45) is 5.41 Å². The topological polar surface area (TPSA) is 57.5 Å². The first-order valence-corrected chi connectivity index (χ1v) is 7.31. The van der Waals surface area contributed by atoms with Crippen LogP contribution in [0.4, 0.5) is 0 Å². The van der Waals surface area contributed by atoms with Crippen LogP contribution in [0.1, 0.15) is 42.5 Å². The fourth-order valence-electron chi connectivity index (χ4n) is 3.63. The largest absolute Gasteiger partial charge is 0.390 e. The highest BCUT2D eigenvalue weighted by molar-refractivity contribution is 6.02. The van der Waals surface area contributed by atoms with Gasteiger partial charge in [0.25, 0.3) is 0 Å². The van der Waals surface area contributed by atoms with Gasteiger partial charge in [0.1, 0.15) is 0 Å². The Morgan fingerprint density at radius 2 is 1.90 bits per heavy atom. The predicted molar refractivity (Wildman–Crippen MR) is 76.4 cm³/mol. The van der Waals surface area contributed by atoms with Gasteiger partial charge in [-0.1, -0.05) is 48.4 Å². The molecule has 2 N–H and O–H groups in total. The molecule has 2 unspecified atom stereocenters. The smallest absolute Gasteiger partial charge is 0.173 e. The van der Waals surface area contributed by atoms with Crippen molar-refractivity contribution in [3.8, 4) is 0 Å². The first-order chi connectivity index (χ1) is 9.63. The van der Waals surface area contributed by atoms with Crippen LogP contribution in [0, 0.1) is 5.41 Å². The van der Waals surface area contributed by atoms with Crippen LogP contribution in [-0.2, 0) is 0 Å². The summed E-state index contributed by atoms with van der Waals surface area (Å²) in [5.41, 5.74) is 1.12. The lowest BCUT2D eigenvalue weighted by atomic mass is 9.60. The highest BCUT2D eigenvalue weighted by Gasteiger charge is 2.48. The predicted octanol–water partition coefficient (Wildman–Crippen LogP) is 2.48. The summed E-state index contributed by atoms with van der Waals surface area (Å²) in [7, 11) is 0. The van der Waals surface area contributed by atoms with Gasteiger partial charge in [0.05, 0.1) is 17.6 Å². The van der Waals surface area contributed by atoms with Gasteiger partial charge in [-0.25, -0.2) is 0 Å². The van der Waals surface area contributed by atoms with E-state index in [1.807, 2.05) is 30.3 Å². The summed E-state index contributed by atoms with van der Waals surface area (Å²) in [5, 5.41) is 19.9. The standard InChI is InChI=1S/C17H20O3/c18-14-10-13-8-4-5-9-17(13,11-15(14)19)16(20)12-6-2-1-3-7-12/h1-3,6-7,10,14-15,18-19H,4-5,8-9,11H2/t14?,15?,17-/m1/s1. The minimum atomic E-state index is -0.843. The van der Waals surface area contributed by atoms with E-state index in [2.05, 4.69) is 0 Å². The van der Waals surface area contributed by atoms with Crippen molar-refractivity contribution in [3.05, 3.63) is 47.5 Å². The molecule has 0 saturated heterocycles. The molecule has 0 heterocycles. The zero-order chi connectivity index (χ0) is 14.2. The lowest BCUT2D eigenvalue weighted by Gasteiger charge is -2.44. The number of carbonyl (C=O) groups is 1. The number of ketones is 1. The maximum Gasteiger partial charge on any atom is 0.173 e. The van der Waals surface area contributed by atoms with Crippen LogP contribution < -0.4 is 0 Å². The normalized spacial score (nSPS) is 33.2. The highest BCUT2D eigenvalue weighted by Crippen LogP contribution is 2.49. The Morgan fingerprint density at radius 3 is 2.65 bits per heavy atom. The molecule has 3 atom stereocenters. The molecule has 106 valence electrons. The van der Waals surface area contributed by atoms with Crippen molar-refractivity contribution in [2.45, 2.75) is 44.3 Å². The fraction of sp³-hybridized carbons (Fsp3) is 0.471. The van der Waals surface area contributed by atoms with Crippen LogP contribution in [0.3, 0.4) is 0 Å². The Bertz CT molecular complexity index is 534. The van der Waals surface area contributed by atoms with E-state index in [4.69, 9.17) is 0 Å². The molecule has 0 aromatic heterocycles. The first kappa shape index (κ1) is 13.5. The number of hydrogen-bond donors (Lipinski definition) is 2. The number of fused-ring (bicyclic) bond motifs is 1. The van der Waals surface area contributed by atoms with E-state index >= 15 is 0 Å². The average Bonchev–Trinajstić information content (AvgIpc) is 2.48. The third-order valence-corrected chi connectivity index (χ3v) is 4.71. The maximum atomic E-state index is 13.0. The molecule has 20 heavy (non-hydrogen) atoms. The summed E-state index contributed by atoms with van der Waals surface area (Å²) in [6.45, 7) is 0. The summed E-state index contributed by atoms with van der Waals surface area (Å²) in [6, 6.07) is 9.29. The number of benzene rings is 1. The van der Waals surface area contributed by atoms with Crippen molar-refractivity contribution in [2.75, 3.05) is 0 Å². The zero-order valence-electron chi connectivity index (χ0n) is 11.5. The van der Waals surface area contributed by atoms with Crippen LogP contribution in [0.15, 0.2) is 42.0 Å². The molecule has 3 nitrogen and oxygen atoms in total. The Hall–Kier alpha value is -1.45. The van der Waals surface area contributed by atoms with Crippen LogP contribution >= 0.6 is 0 Å². The van der Waals surface area contributed by atoms with E-state index in [0.717, 1.165) is 31.3 Å². The van der Waals surface area contributed by atoms with Gasteiger partial charge in [0, 0.05) is 5.56 Å². The minimum absolute atomic E-state index is 0.0926. The lowest BCUT2D eigenvalue weighted by molar-refractivity contribution is 0.00241. The van der Waals surface area contributed by atoms with Gasteiger partial charge in [0.2, 0.25) is 0 Å².